The topological polar surface area (TPSA) is 48.1 Å². The molecule has 1 aromatic rings. The Morgan fingerprint density at radius 1 is 1.73 bits per heavy atom. The molecule has 0 bridgehead atoms. The summed E-state index contributed by atoms with van der Waals surface area (Å²) in [5.74, 6) is 0.107. The van der Waals surface area contributed by atoms with E-state index in [0.29, 0.717) is 11.7 Å². The van der Waals surface area contributed by atoms with E-state index in [2.05, 4.69) is 32.9 Å². The van der Waals surface area contributed by atoms with Gasteiger partial charge in [-0.05, 0) is 42.1 Å². The van der Waals surface area contributed by atoms with E-state index in [4.69, 9.17) is 0 Å². The molecule has 2 heterocycles. The number of aromatic nitrogens is 1. The lowest BCUT2D eigenvalue weighted by molar-refractivity contribution is 0.0784. The van der Waals surface area contributed by atoms with Crippen molar-refractivity contribution in [3.8, 4) is 0 Å². The molecular formula is C10H14IN3O. The molecule has 1 unspecified atom stereocenters. The lowest BCUT2D eigenvalue weighted by atomic mass is 10.3. The molecule has 2 rings (SSSR count). The Bertz CT molecular complexity index is 363. The van der Waals surface area contributed by atoms with E-state index < -0.39 is 0 Å². The zero-order chi connectivity index (χ0) is 10.8. The molecule has 15 heavy (non-hydrogen) atoms. The number of amides is 1. The Balaban J connectivity index is 2.03. The van der Waals surface area contributed by atoms with Gasteiger partial charge in [0.25, 0.3) is 5.91 Å². The summed E-state index contributed by atoms with van der Waals surface area (Å²) in [6.45, 7) is 1.66. The number of carbonyl (C=O) groups is 1. The van der Waals surface area contributed by atoms with E-state index in [0.717, 1.165) is 23.1 Å². The van der Waals surface area contributed by atoms with Gasteiger partial charge in [0.1, 0.15) is 5.69 Å². The monoisotopic (exact) mass is 319 g/mol. The van der Waals surface area contributed by atoms with Gasteiger partial charge in [-0.15, -0.1) is 0 Å². The average molecular weight is 319 g/mol. The van der Waals surface area contributed by atoms with Crippen LogP contribution in [-0.2, 0) is 0 Å². The van der Waals surface area contributed by atoms with Gasteiger partial charge in [-0.3, -0.25) is 4.79 Å². The van der Waals surface area contributed by atoms with Gasteiger partial charge in [0.2, 0.25) is 0 Å². The van der Waals surface area contributed by atoms with Crippen molar-refractivity contribution in [3.05, 3.63) is 21.5 Å². The smallest absolute Gasteiger partial charge is 0.270 e. The van der Waals surface area contributed by atoms with E-state index >= 15 is 0 Å². The van der Waals surface area contributed by atoms with Gasteiger partial charge in [0.05, 0.1) is 0 Å². The fourth-order valence-electron chi connectivity index (χ4n) is 1.84. The number of likely N-dealkylation sites (N-methyl/N-ethyl adjacent to an activating group) is 1. The number of nitrogens with one attached hydrogen (secondary N) is 2. The van der Waals surface area contributed by atoms with E-state index in [1.54, 1.807) is 0 Å². The zero-order valence-electron chi connectivity index (χ0n) is 8.59. The number of nitrogens with zero attached hydrogens (tertiary/aromatic N) is 1. The van der Waals surface area contributed by atoms with Crippen LogP contribution in [0.15, 0.2) is 12.3 Å². The zero-order valence-corrected chi connectivity index (χ0v) is 10.7. The maximum atomic E-state index is 12.0. The normalized spacial score (nSPS) is 20.9. The maximum absolute atomic E-state index is 12.0. The summed E-state index contributed by atoms with van der Waals surface area (Å²) in [5, 5.41) is 3.20. The van der Waals surface area contributed by atoms with Gasteiger partial charge in [0, 0.05) is 28.9 Å². The van der Waals surface area contributed by atoms with Crippen molar-refractivity contribution in [2.24, 2.45) is 0 Å². The van der Waals surface area contributed by atoms with E-state index in [-0.39, 0.29) is 5.91 Å². The molecule has 82 valence electrons. The second kappa shape index (κ2) is 4.52. The Labute approximate surface area is 103 Å². The molecule has 5 heteroatoms. The SMILES string of the molecule is CNC1CCN(C(=O)c2cc(I)c[nH]2)C1. The van der Waals surface area contributed by atoms with Crippen molar-refractivity contribution < 1.29 is 4.79 Å². The van der Waals surface area contributed by atoms with Crippen molar-refractivity contribution in [2.75, 3.05) is 20.1 Å². The predicted octanol–water partition coefficient (Wildman–Crippen LogP) is 1.05. The highest BCUT2D eigenvalue weighted by Gasteiger charge is 2.26. The van der Waals surface area contributed by atoms with Gasteiger partial charge >= 0.3 is 0 Å². The molecule has 1 amide bonds. The van der Waals surface area contributed by atoms with Crippen LogP contribution in [0.2, 0.25) is 0 Å². The highest BCUT2D eigenvalue weighted by atomic mass is 127. The van der Waals surface area contributed by atoms with Crippen LogP contribution in [0.4, 0.5) is 0 Å². The molecule has 0 aromatic carbocycles. The first kappa shape index (κ1) is 10.9. The standard InChI is InChI=1S/C10H14IN3O/c1-12-8-2-3-14(6-8)10(15)9-4-7(11)5-13-9/h4-5,8,12-13H,2-3,6H2,1H3. The highest BCUT2D eigenvalue weighted by molar-refractivity contribution is 14.1. The molecule has 0 radical (unpaired) electrons. The third kappa shape index (κ3) is 2.34. The third-order valence-electron chi connectivity index (χ3n) is 2.76. The van der Waals surface area contributed by atoms with Crippen LogP contribution in [0, 0.1) is 3.57 Å². The molecular weight excluding hydrogens is 305 g/mol. The number of halogens is 1. The summed E-state index contributed by atoms with van der Waals surface area (Å²) in [4.78, 5) is 16.9. The van der Waals surface area contributed by atoms with Crippen molar-refractivity contribution in [3.63, 3.8) is 0 Å². The fraction of sp³-hybridized carbons (Fsp3) is 0.500. The van der Waals surface area contributed by atoms with Crippen LogP contribution in [-0.4, -0.2) is 42.0 Å². The van der Waals surface area contributed by atoms with Crippen molar-refractivity contribution in [1.29, 1.82) is 0 Å². The van der Waals surface area contributed by atoms with E-state index in [1.807, 2.05) is 24.2 Å². The Morgan fingerprint density at radius 2 is 2.53 bits per heavy atom. The Kier molecular flexibility index (Phi) is 3.30. The molecule has 4 nitrogen and oxygen atoms in total. The molecule has 1 fully saturated rings. The summed E-state index contributed by atoms with van der Waals surface area (Å²) in [5.41, 5.74) is 0.691. The molecule has 0 saturated carbocycles. The van der Waals surface area contributed by atoms with E-state index in [9.17, 15) is 4.79 Å². The van der Waals surface area contributed by atoms with Gasteiger partial charge in [-0.1, -0.05) is 0 Å². The summed E-state index contributed by atoms with van der Waals surface area (Å²) in [6, 6.07) is 2.33. The molecule has 1 atom stereocenters. The number of H-pyrrole nitrogens is 1. The van der Waals surface area contributed by atoms with E-state index in [1.165, 1.54) is 0 Å². The number of aromatic amines is 1. The molecule has 1 aromatic heterocycles. The van der Waals surface area contributed by atoms with Crippen LogP contribution >= 0.6 is 22.6 Å². The number of hydrogen-bond donors (Lipinski definition) is 2. The second-order valence-corrected chi connectivity index (χ2v) is 5.00. The lowest BCUT2D eigenvalue weighted by Crippen LogP contribution is -2.33. The van der Waals surface area contributed by atoms with Crippen LogP contribution in [0.5, 0.6) is 0 Å². The number of hydrogen-bond acceptors (Lipinski definition) is 2. The summed E-state index contributed by atoms with van der Waals surface area (Å²) in [7, 11) is 1.94. The minimum absolute atomic E-state index is 0.107. The molecule has 1 aliphatic heterocycles. The second-order valence-electron chi connectivity index (χ2n) is 3.76. The molecule has 0 aliphatic carbocycles. The van der Waals surface area contributed by atoms with Crippen LogP contribution < -0.4 is 5.32 Å². The first-order valence-electron chi connectivity index (χ1n) is 5.01. The van der Waals surface area contributed by atoms with Crippen molar-refractivity contribution >= 4 is 28.5 Å². The largest absolute Gasteiger partial charge is 0.356 e. The maximum Gasteiger partial charge on any atom is 0.270 e. The Morgan fingerprint density at radius 3 is 3.07 bits per heavy atom. The van der Waals surface area contributed by atoms with Gasteiger partial charge < -0.3 is 15.2 Å². The number of carbonyl (C=O) groups excluding carboxylic acids is 1. The number of likely N-dealkylation sites (tertiary alicyclic amines) is 1. The minimum Gasteiger partial charge on any atom is -0.356 e. The third-order valence-corrected chi connectivity index (χ3v) is 3.38. The summed E-state index contributed by atoms with van der Waals surface area (Å²) in [6.07, 6.45) is 2.89. The Hall–Kier alpha value is -0.560. The quantitative estimate of drug-likeness (QED) is 0.801. The lowest BCUT2D eigenvalue weighted by Gasteiger charge is -2.15. The van der Waals surface area contributed by atoms with Crippen LogP contribution in [0.25, 0.3) is 0 Å². The van der Waals surface area contributed by atoms with Gasteiger partial charge in [0.15, 0.2) is 0 Å². The van der Waals surface area contributed by atoms with Gasteiger partial charge in [-0.2, -0.15) is 0 Å². The highest BCUT2D eigenvalue weighted by Crippen LogP contribution is 2.14. The molecule has 1 aliphatic rings. The average Bonchev–Trinajstić information content (AvgIpc) is 2.84. The van der Waals surface area contributed by atoms with Crippen molar-refractivity contribution in [1.82, 2.24) is 15.2 Å². The fourth-order valence-corrected chi connectivity index (χ4v) is 2.31. The first-order chi connectivity index (χ1) is 7.20. The predicted molar refractivity (Wildman–Crippen MR) is 66.9 cm³/mol. The molecule has 0 spiro atoms. The molecule has 2 N–H and O–H groups in total. The minimum atomic E-state index is 0.107. The van der Waals surface area contributed by atoms with Crippen LogP contribution in [0.3, 0.4) is 0 Å². The molecule has 1 saturated heterocycles. The summed E-state index contributed by atoms with van der Waals surface area (Å²) >= 11 is 2.19. The van der Waals surface area contributed by atoms with Gasteiger partial charge in [-0.25, -0.2) is 0 Å². The van der Waals surface area contributed by atoms with Crippen molar-refractivity contribution in [2.45, 2.75) is 12.5 Å². The number of rotatable bonds is 2. The van der Waals surface area contributed by atoms with Crippen LogP contribution in [0.1, 0.15) is 16.9 Å². The summed E-state index contributed by atoms with van der Waals surface area (Å²) < 4.78 is 1.07. The first-order valence-corrected chi connectivity index (χ1v) is 6.09.